The van der Waals surface area contributed by atoms with Gasteiger partial charge in [0.05, 0.1) is 12.2 Å². The molecule has 0 bridgehead atoms. The normalized spacial score (nSPS) is 37.3. The van der Waals surface area contributed by atoms with Gasteiger partial charge in [-0.1, -0.05) is 6.92 Å². The van der Waals surface area contributed by atoms with Gasteiger partial charge in [-0.2, -0.15) is 0 Å². The highest BCUT2D eigenvalue weighted by atomic mass is 16.5. The molecule has 3 atom stereocenters. The number of nitrogens with two attached hydrogens (primary N) is 1. The Hall–Kier alpha value is -0.160. The predicted octanol–water partition coefficient (Wildman–Crippen LogP) is 1.38. The van der Waals surface area contributed by atoms with Gasteiger partial charge < -0.3 is 15.2 Å². The molecule has 2 aliphatic rings. The molecule has 0 amide bonds. The minimum Gasteiger partial charge on any atom is -0.378 e. The fourth-order valence-electron chi connectivity index (χ4n) is 3.44. The van der Waals surface area contributed by atoms with Gasteiger partial charge in [0.2, 0.25) is 0 Å². The molecule has 2 saturated heterocycles. The van der Waals surface area contributed by atoms with Gasteiger partial charge in [-0.25, -0.2) is 0 Å². The van der Waals surface area contributed by atoms with E-state index in [9.17, 15) is 0 Å². The van der Waals surface area contributed by atoms with Crippen molar-refractivity contribution in [3.63, 3.8) is 0 Å². The van der Waals surface area contributed by atoms with Crippen molar-refractivity contribution < 1.29 is 9.47 Å². The second-order valence-corrected chi connectivity index (χ2v) is 5.74. The quantitative estimate of drug-likeness (QED) is 0.807. The van der Waals surface area contributed by atoms with E-state index in [0.29, 0.717) is 12.2 Å². The van der Waals surface area contributed by atoms with Crippen molar-refractivity contribution in [2.45, 2.75) is 57.3 Å². The molecule has 0 saturated carbocycles. The first-order chi connectivity index (χ1) is 8.70. The molecule has 0 aliphatic carbocycles. The van der Waals surface area contributed by atoms with Gasteiger partial charge in [0.25, 0.3) is 0 Å². The zero-order valence-corrected chi connectivity index (χ0v) is 11.9. The van der Waals surface area contributed by atoms with Crippen molar-refractivity contribution in [1.29, 1.82) is 0 Å². The first-order valence-electron chi connectivity index (χ1n) is 7.38. The Kier molecular flexibility index (Phi) is 5.01. The zero-order chi connectivity index (χ0) is 13.0. The van der Waals surface area contributed by atoms with Crippen LogP contribution in [-0.4, -0.2) is 55.5 Å². The van der Waals surface area contributed by atoms with Crippen molar-refractivity contribution in [3.05, 3.63) is 0 Å². The highest BCUT2D eigenvalue weighted by molar-refractivity contribution is 4.96. The van der Waals surface area contributed by atoms with Crippen molar-refractivity contribution in [3.8, 4) is 0 Å². The molecule has 2 heterocycles. The standard InChI is InChI=1S/C14H28N2O2/c1-3-16(10-13-5-4-7-18-13)14(11-15)6-8-17-12(2)9-14/h12-13H,3-11,15H2,1-2H3. The van der Waals surface area contributed by atoms with Crippen LogP contribution in [0.5, 0.6) is 0 Å². The van der Waals surface area contributed by atoms with Crippen LogP contribution in [0.2, 0.25) is 0 Å². The van der Waals surface area contributed by atoms with Crippen LogP contribution >= 0.6 is 0 Å². The molecule has 2 aliphatic heterocycles. The van der Waals surface area contributed by atoms with E-state index in [-0.39, 0.29) is 5.54 Å². The lowest BCUT2D eigenvalue weighted by Crippen LogP contribution is -2.59. The zero-order valence-electron chi connectivity index (χ0n) is 11.9. The Morgan fingerprint density at radius 2 is 2.17 bits per heavy atom. The number of rotatable bonds is 5. The highest BCUT2D eigenvalue weighted by Gasteiger charge is 2.40. The molecule has 0 radical (unpaired) electrons. The van der Waals surface area contributed by atoms with Gasteiger partial charge >= 0.3 is 0 Å². The number of hydrogen-bond acceptors (Lipinski definition) is 4. The van der Waals surface area contributed by atoms with Crippen molar-refractivity contribution in [2.75, 3.05) is 32.8 Å². The molecule has 2 rings (SSSR count). The maximum Gasteiger partial charge on any atom is 0.0703 e. The molecule has 3 unspecified atom stereocenters. The first-order valence-corrected chi connectivity index (χ1v) is 7.38. The molecule has 0 aromatic rings. The number of ether oxygens (including phenoxy) is 2. The third-order valence-corrected chi connectivity index (χ3v) is 4.52. The summed E-state index contributed by atoms with van der Waals surface area (Å²) in [5.41, 5.74) is 6.24. The van der Waals surface area contributed by atoms with E-state index in [2.05, 4.69) is 18.7 Å². The van der Waals surface area contributed by atoms with E-state index in [1.54, 1.807) is 0 Å². The van der Waals surface area contributed by atoms with Gasteiger partial charge in [0.1, 0.15) is 0 Å². The van der Waals surface area contributed by atoms with Crippen molar-refractivity contribution in [2.24, 2.45) is 5.73 Å². The maximum atomic E-state index is 6.11. The Morgan fingerprint density at radius 3 is 2.72 bits per heavy atom. The first kappa shape index (κ1) is 14.3. The Morgan fingerprint density at radius 1 is 1.33 bits per heavy atom. The van der Waals surface area contributed by atoms with Crippen molar-refractivity contribution >= 4 is 0 Å². The van der Waals surface area contributed by atoms with E-state index in [0.717, 1.165) is 45.7 Å². The highest BCUT2D eigenvalue weighted by Crippen LogP contribution is 2.31. The monoisotopic (exact) mass is 256 g/mol. The summed E-state index contributed by atoms with van der Waals surface area (Å²) < 4.78 is 11.5. The lowest BCUT2D eigenvalue weighted by Gasteiger charge is -2.48. The molecule has 4 nitrogen and oxygen atoms in total. The average Bonchev–Trinajstić information content (AvgIpc) is 2.88. The predicted molar refractivity (Wildman–Crippen MR) is 72.7 cm³/mol. The molecular formula is C14H28N2O2. The van der Waals surface area contributed by atoms with E-state index in [1.165, 1.54) is 12.8 Å². The summed E-state index contributed by atoms with van der Waals surface area (Å²) in [5, 5.41) is 0. The summed E-state index contributed by atoms with van der Waals surface area (Å²) in [6.45, 7) is 8.94. The molecule has 0 aromatic carbocycles. The number of nitrogens with zero attached hydrogens (tertiary/aromatic N) is 1. The molecule has 18 heavy (non-hydrogen) atoms. The fourth-order valence-corrected chi connectivity index (χ4v) is 3.44. The van der Waals surface area contributed by atoms with Crippen LogP contribution in [-0.2, 0) is 9.47 Å². The topological polar surface area (TPSA) is 47.7 Å². The fraction of sp³-hybridized carbons (Fsp3) is 1.00. The van der Waals surface area contributed by atoms with Gasteiger partial charge in [-0.15, -0.1) is 0 Å². The maximum absolute atomic E-state index is 6.11. The number of likely N-dealkylation sites (N-methyl/N-ethyl adjacent to an activating group) is 1. The summed E-state index contributed by atoms with van der Waals surface area (Å²) >= 11 is 0. The van der Waals surface area contributed by atoms with Crippen LogP contribution in [0.4, 0.5) is 0 Å². The molecule has 4 heteroatoms. The number of hydrogen-bond donors (Lipinski definition) is 1. The molecule has 2 N–H and O–H groups in total. The smallest absolute Gasteiger partial charge is 0.0703 e. The second-order valence-electron chi connectivity index (χ2n) is 5.74. The Labute approximate surface area is 111 Å². The van der Waals surface area contributed by atoms with Crippen LogP contribution < -0.4 is 5.73 Å². The van der Waals surface area contributed by atoms with Gasteiger partial charge in [-0.3, -0.25) is 4.90 Å². The summed E-state index contributed by atoms with van der Waals surface area (Å²) in [7, 11) is 0. The van der Waals surface area contributed by atoms with Gasteiger partial charge in [0.15, 0.2) is 0 Å². The molecule has 0 spiro atoms. The second kappa shape index (κ2) is 6.33. The Bertz CT molecular complexity index is 256. The summed E-state index contributed by atoms with van der Waals surface area (Å²) in [5.74, 6) is 0. The van der Waals surface area contributed by atoms with Gasteiger partial charge in [-0.05, 0) is 39.2 Å². The van der Waals surface area contributed by atoms with Crippen LogP contribution in [0.15, 0.2) is 0 Å². The van der Waals surface area contributed by atoms with Crippen LogP contribution in [0.25, 0.3) is 0 Å². The third-order valence-electron chi connectivity index (χ3n) is 4.52. The molecular weight excluding hydrogens is 228 g/mol. The Balaban J connectivity index is 2.02. The summed E-state index contributed by atoms with van der Waals surface area (Å²) in [4.78, 5) is 2.54. The lowest BCUT2D eigenvalue weighted by molar-refractivity contribution is -0.0736. The van der Waals surface area contributed by atoms with Crippen molar-refractivity contribution in [1.82, 2.24) is 4.90 Å². The summed E-state index contributed by atoms with van der Waals surface area (Å²) in [6.07, 6.45) is 5.23. The SMILES string of the molecule is CCN(CC1CCCO1)C1(CN)CCOC(C)C1. The summed E-state index contributed by atoms with van der Waals surface area (Å²) in [6, 6.07) is 0. The van der Waals surface area contributed by atoms with Crippen LogP contribution in [0.3, 0.4) is 0 Å². The van der Waals surface area contributed by atoms with E-state index >= 15 is 0 Å². The molecule has 106 valence electrons. The van der Waals surface area contributed by atoms with E-state index < -0.39 is 0 Å². The van der Waals surface area contributed by atoms with E-state index in [1.807, 2.05) is 0 Å². The van der Waals surface area contributed by atoms with E-state index in [4.69, 9.17) is 15.2 Å². The molecule has 0 aromatic heterocycles. The van der Waals surface area contributed by atoms with Gasteiger partial charge in [0, 0.05) is 31.8 Å². The van der Waals surface area contributed by atoms with Crippen LogP contribution in [0.1, 0.15) is 39.5 Å². The molecule has 2 fully saturated rings. The average molecular weight is 256 g/mol. The minimum atomic E-state index is 0.123. The minimum absolute atomic E-state index is 0.123. The third kappa shape index (κ3) is 3.05. The lowest BCUT2D eigenvalue weighted by atomic mass is 9.84. The largest absolute Gasteiger partial charge is 0.378 e. The van der Waals surface area contributed by atoms with Crippen LogP contribution in [0, 0.1) is 0 Å².